The van der Waals surface area contributed by atoms with Gasteiger partial charge in [-0.2, -0.15) is 0 Å². The fourth-order valence-corrected chi connectivity index (χ4v) is 6.46. The summed E-state index contributed by atoms with van der Waals surface area (Å²) in [7, 11) is 0. The average Bonchev–Trinajstić information content (AvgIpc) is 3.42. The third kappa shape index (κ3) is 54.2. The summed E-state index contributed by atoms with van der Waals surface area (Å²) in [5.41, 5.74) is 0. The van der Waals surface area contributed by atoms with Crippen LogP contribution in [0, 0.1) is 0 Å². The minimum atomic E-state index is -1.55. The molecule has 0 aromatic carbocycles. The maximum absolute atomic E-state index is 13.4. The van der Waals surface area contributed by atoms with Crippen LogP contribution >= 0.6 is 0 Å². The molecule has 0 rings (SSSR count). The van der Waals surface area contributed by atoms with Gasteiger partial charge in [-0.05, 0) is 65.0 Å². The van der Waals surface area contributed by atoms with E-state index >= 15 is 0 Å². The van der Waals surface area contributed by atoms with Crippen LogP contribution in [0.25, 0.3) is 0 Å². The molecule has 25 nitrogen and oxygen atoms in total. The first kappa shape index (κ1) is 76.3. The normalized spacial score (nSPS) is 14.1. The van der Waals surface area contributed by atoms with Crippen molar-refractivity contribution in [2.45, 2.75) is 109 Å². The number of aliphatic hydroxyl groups is 8. The topological polar surface area (TPSA) is 334 Å². The maximum atomic E-state index is 13.4. The minimum absolute atomic E-state index is 0.111. The van der Waals surface area contributed by atoms with Gasteiger partial charge in [0, 0.05) is 32.7 Å². The molecule has 0 saturated carbocycles. The van der Waals surface area contributed by atoms with Crippen LogP contribution in [0.2, 0.25) is 0 Å². The summed E-state index contributed by atoms with van der Waals surface area (Å²) < 4.78 is 65.8. The number of hydrogen-bond acceptors (Lipinski definition) is 24. The highest BCUT2D eigenvalue weighted by Crippen LogP contribution is 2.09. The maximum Gasteiger partial charge on any atom is 0.238 e. The molecule has 0 radical (unpaired) electrons. The fraction of sp³-hybridized carbons (Fsp3) is 0.961. The minimum Gasteiger partial charge on any atom is -0.396 e. The Labute approximate surface area is 453 Å². The van der Waals surface area contributed by atoms with Crippen molar-refractivity contribution in [3.63, 3.8) is 0 Å². The van der Waals surface area contributed by atoms with Crippen molar-refractivity contribution < 1.29 is 107 Å². The molecule has 0 aliphatic heterocycles. The Kier molecular flexibility index (Phi) is 61.2. The van der Waals surface area contributed by atoms with E-state index < -0.39 is 36.6 Å². The van der Waals surface area contributed by atoms with Gasteiger partial charge in [-0.15, -0.1) is 0 Å². The quantitative estimate of drug-likeness (QED) is 0.0297. The van der Waals surface area contributed by atoms with E-state index in [1.54, 1.807) is 0 Å². The molecule has 0 bridgehead atoms. The zero-order chi connectivity index (χ0) is 56.4. The van der Waals surface area contributed by atoms with E-state index in [9.17, 15) is 35.1 Å². The van der Waals surface area contributed by atoms with Crippen molar-refractivity contribution in [1.82, 2.24) is 15.5 Å². The van der Waals surface area contributed by atoms with Gasteiger partial charge in [0.15, 0.2) is 0 Å². The molecule has 10 N–H and O–H groups in total. The molecular formula is C51H105N3O22. The van der Waals surface area contributed by atoms with Gasteiger partial charge in [0.1, 0.15) is 11.9 Å². The molecule has 6 unspecified atom stereocenters. The number of nitrogens with one attached hydrogen (secondary N) is 2. The van der Waals surface area contributed by atoms with Crippen LogP contribution < -0.4 is 10.6 Å². The first-order valence-electron chi connectivity index (χ1n) is 27.4. The second-order valence-corrected chi connectivity index (χ2v) is 17.2. The highest BCUT2D eigenvalue weighted by atomic mass is 16.6. The van der Waals surface area contributed by atoms with E-state index in [0.29, 0.717) is 203 Å². The lowest BCUT2D eigenvalue weighted by molar-refractivity contribution is -0.124. The van der Waals surface area contributed by atoms with Crippen LogP contribution in [-0.4, -0.2) is 305 Å². The lowest BCUT2D eigenvalue weighted by Crippen LogP contribution is -2.55. The standard InChI is InChI=1S/C49H99N3O22.C2H6/c1-42(56)9-14-63-16-18-65-20-22-67-24-26-69-28-30-71-32-34-73-36-37-74-35-33-72-31-29-70-27-25-68-23-21-66-19-17-64-15-10-50-49(62)45(51-38-47(60)48(61)46(59)8-13-53)39-52(11-4-2-6-43(57)40-54)12-5-3-7-44(58)41-55;1-2/h43-48,51,53-55,57-61H,2-41H2,1H3,(H,50,62);1-2H3. The smallest absolute Gasteiger partial charge is 0.238 e. The second-order valence-electron chi connectivity index (χ2n) is 17.2. The first-order valence-corrected chi connectivity index (χ1v) is 27.4. The Morgan fingerprint density at radius 3 is 1.09 bits per heavy atom. The third-order valence-electron chi connectivity index (χ3n) is 10.7. The largest absolute Gasteiger partial charge is 0.396 e. The molecule has 0 spiro atoms. The lowest BCUT2D eigenvalue weighted by Gasteiger charge is -2.30. The van der Waals surface area contributed by atoms with Crippen LogP contribution in [0.15, 0.2) is 0 Å². The van der Waals surface area contributed by atoms with Crippen LogP contribution in [0.1, 0.15) is 72.1 Å². The predicted octanol–water partition coefficient (Wildman–Crippen LogP) is -1.92. The van der Waals surface area contributed by atoms with Gasteiger partial charge in [0.25, 0.3) is 0 Å². The fourth-order valence-electron chi connectivity index (χ4n) is 6.46. The van der Waals surface area contributed by atoms with Crippen LogP contribution in [0.5, 0.6) is 0 Å². The Morgan fingerprint density at radius 2 is 0.776 bits per heavy atom. The molecule has 6 atom stereocenters. The number of rotatable bonds is 61. The van der Waals surface area contributed by atoms with Gasteiger partial charge < -0.3 is 113 Å². The Balaban J connectivity index is 0. The number of nitrogens with zero attached hydrogens (tertiary/aromatic N) is 1. The van der Waals surface area contributed by atoms with Crippen molar-refractivity contribution in [2.24, 2.45) is 0 Å². The molecule has 76 heavy (non-hydrogen) atoms. The molecule has 25 heteroatoms. The van der Waals surface area contributed by atoms with Crippen molar-refractivity contribution in [3.8, 4) is 0 Å². The van der Waals surface area contributed by atoms with E-state index in [-0.39, 0.29) is 70.8 Å². The van der Waals surface area contributed by atoms with Crippen molar-refractivity contribution >= 4 is 11.7 Å². The molecule has 0 fully saturated rings. The number of unbranched alkanes of at least 4 members (excludes halogenated alkanes) is 2. The highest BCUT2D eigenvalue weighted by molar-refractivity contribution is 5.82. The number of carbonyl (C=O) groups is 2. The number of amides is 1. The zero-order valence-electron chi connectivity index (χ0n) is 46.5. The van der Waals surface area contributed by atoms with Crippen LogP contribution in [0.3, 0.4) is 0 Å². The van der Waals surface area contributed by atoms with Crippen LogP contribution in [0.4, 0.5) is 0 Å². The summed E-state index contributed by atoms with van der Waals surface area (Å²) in [6, 6.07) is -0.847. The number of aliphatic hydroxyl groups excluding tert-OH is 8. The van der Waals surface area contributed by atoms with Crippen molar-refractivity contribution in [3.05, 3.63) is 0 Å². The number of hydrogen-bond donors (Lipinski definition) is 10. The third-order valence-corrected chi connectivity index (χ3v) is 10.7. The van der Waals surface area contributed by atoms with E-state index in [2.05, 4.69) is 10.6 Å². The molecule has 0 heterocycles. The van der Waals surface area contributed by atoms with E-state index in [4.69, 9.17) is 72.2 Å². The number of ketones is 1. The highest BCUT2D eigenvalue weighted by Gasteiger charge is 2.27. The van der Waals surface area contributed by atoms with E-state index in [1.807, 2.05) is 18.7 Å². The molecular weight excluding hydrogens is 1010 g/mol. The van der Waals surface area contributed by atoms with Crippen LogP contribution in [-0.2, 0) is 66.4 Å². The first-order chi connectivity index (χ1) is 37.0. The summed E-state index contributed by atoms with van der Waals surface area (Å²) in [5, 5.41) is 83.7. The number of ether oxygens (including phenoxy) is 12. The SMILES string of the molecule is CC.CC(=O)CCOCCOCCOCCOCCOCCOCCOCCOCCOCCOCCOCCOCCNC(=O)C(CN(CCCCC(O)CO)CCCCC(O)CO)NCC(O)C(O)C(O)CCO. The average molecular weight is 1110 g/mol. The van der Waals surface area contributed by atoms with Gasteiger partial charge in [0.05, 0.1) is 202 Å². The summed E-state index contributed by atoms with van der Waals surface area (Å²) in [6.07, 6.45) is -2.22. The van der Waals surface area contributed by atoms with Gasteiger partial charge in [0.2, 0.25) is 5.91 Å². The predicted molar refractivity (Wildman–Crippen MR) is 281 cm³/mol. The Bertz CT molecular complexity index is 1180. The number of carbonyl (C=O) groups excluding carboxylic acids is 2. The van der Waals surface area contributed by atoms with E-state index in [1.165, 1.54) is 6.92 Å². The van der Waals surface area contributed by atoms with Gasteiger partial charge in [-0.3, -0.25) is 9.59 Å². The Morgan fingerprint density at radius 1 is 0.447 bits per heavy atom. The molecule has 0 aromatic heterocycles. The van der Waals surface area contributed by atoms with E-state index in [0.717, 1.165) is 0 Å². The molecule has 0 aliphatic rings. The summed E-state index contributed by atoms with van der Waals surface area (Å²) in [5.74, 6) is -0.269. The zero-order valence-corrected chi connectivity index (χ0v) is 46.5. The Hall–Kier alpha value is -1.74. The summed E-state index contributed by atoms with van der Waals surface area (Å²) in [4.78, 5) is 26.3. The number of Topliss-reactive ketones (excluding diaryl/α,β-unsaturated/α-hetero) is 1. The summed E-state index contributed by atoms with van der Waals surface area (Å²) >= 11 is 0. The molecule has 0 aromatic rings. The monoisotopic (exact) mass is 1110 g/mol. The second kappa shape index (κ2) is 60.9. The molecule has 0 aliphatic carbocycles. The van der Waals surface area contributed by atoms with Gasteiger partial charge in [-0.1, -0.05) is 13.8 Å². The van der Waals surface area contributed by atoms with Crippen molar-refractivity contribution in [2.75, 3.05) is 211 Å². The molecule has 0 saturated heterocycles. The van der Waals surface area contributed by atoms with Gasteiger partial charge in [-0.25, -0.2) is 0 Å². The van der Waals surface area contributed by atoms with Gasteiger partial charge >= 0.3 is 0 Å². The molecule has 456 valence electrons. The van der Waals surface area contributed by atoms with Crippen molar-refractivity contribution in [1.29, 1.82) is 0 Å². The molecule has 1 amide bonds. The summed E-state index contributed by atoms with van der Waals surface area (Å²) in [6.45, 7) is 15.9. The lowest BCUT2D eigenvalue weighted by atomic mass is 10.0.